The van der Waals surface area contributed by atoms with Gasteiger partial charge in [-0.2, -0.15) is 5.10 Å². The van der Waals surface area contributed by atoms with Gasteiger partial charge in [0.05, 0.1) is 28.4 Å². The van der Waals surface area contributed by atoms with Crippen LogP contribution < -0.4 is 10.7 Å². The van der Waals surface area contributed by atoms with Gasteiger partial charge in [0.15, 0.2) is 0 Å². The van der Waals surface area contributed by atoms with Gasteiger partial charge in [0.25, 0.3) is 11.8 Å². The summed E-state index contributed by atoms with van der Waals surface area (Å²) in [6, 6.07) is 13.9. The zero-order valence-corrected chi connectivity index (χ0v) is 21.4. The van der Waals surface area contributed by atoms with Crippen molar-refractivity contribution in [2.45, 2.75) is 26.8 Å². The van der Waals surface area contributed by atoms with E-state index in [9.17, 15) is 14.4 Å². The Kier molecular flexibility index (Phi) is 9.27. The molecule has 3 rings (SSSR count). The van der Waals surface area contributed by atoms with Gasteiger partial charge in [0.1, 0.15) is 17.6 Å². The van der Waals surface area contributed by atoms with E-state index in [0.29, 0.717) is 27.7 Å². The molecule has 0 bridgehead atoms. The fraction of sp³-hybridized carbons (Fsp3) is 0.231. The van der Waals surface area contributed by atoms with Crippen molar-refractivity contribution in [3.8, 4) is 11.3 Å². The van der Waals surface area contributed by atoms with Crippen molar-refractivity contribution >= 4 is 47.2 Å². The van der Waals surface area contributed by atoms with Crippen molar-refractivity contribution < 1.29 is 23.5 Å². The van der Waals surface area contributed by atoms with Crippen LogP contribution in [0.5, 0.6) is 0 Å². The molecule has 0 aliphatic rings. The maximum atomic E-state index is 12.7. The number of rotatable bonds is 9. The first-order valence-electron chi connectivity index (χ1n) is 11.2. The van der Waals surface area contributed by atoms with Gasteiger partial charge in [0.2, 0.25) is 0 Å². The number of ether oxygens (including phenoxy) is 1. The standard InChI is InChI=1S/C26H25Cl2N3O5/c1-4-35-26(34)19-8-6-5-7-18(19)22-12-10-17(36-22)14-29-31-25(33)23(15(2)3)30-24(32)16-9-11-20(27)21(28)13-16/h5-15,23H,4H2,1-3H3,(H,30,32)(H,31,33). The molecule has 0 radical (unpaired) electrons. The molecule has 0 aliphatic heterocycles. The molecule has 1 heterocycles. The highest BCUT2D eigenvalue weighted by atomic mass is 35.5. The van der Waals surface area contributed by atoms with E-state index in [1.54, 1.807) is 57.2 Å². The first-order valence-corrected chi connectivity index (χ1v) is 11.9. The summed E-state index contributed by atoms with van der Waals surface area (Å²) in [5.74, 6) is -0.849. The third-order valence-electron chi connectivity index (χ3n) is 5.10. The molecule has 0 fully saturated rings. The van der Waals surface area contributed by atoms with Crippen molar-refractivity contribution in [1.29, 1.82) is 0 Å². The predicted octanol–water partition coefficient (Wildman–Crippen LogP) is 5.33. The van der Waals surface area contributed by atoms with Gasteiger partial charge >= 0.3 is 5.97 Å². The van der Waals surface area contributed by atoms with Crippen LogP contribution in [0.2, 0.25) is 10.0 Å². The van der Waals surface area contributed by atoms with E-state index in [1.807, 2.05) is 0 Å². The molecule has 188 valence electrons. The van der Waals surface area contributed by atoms with Crippen LogP contribution >= 0.6 is 23.2 Å². The van der Waals surface area contributed by atoms with E-state index in [2.05, 4.69) is 15.8 Å². The third-order valence-corrected chi connectivity index (χ3v) is 5.84. The maximum absolute atomic E-state index is 12.7. The number of nitrogens with one attached hydrogen (secondary N) is 2. The minimum absolute atomic E-state index is 0.221. The van der Waals surface area contributed by atoms with E-state index < -0.39 is 23.8 Å². The minimum Gasteiger partial charge on any atom is -0.462 e. The molecule has 0 spiro atoms. The number of hydrogen-bond acceptors (Lipinski definition) is 6. The maximum Gasteiger partial charge on any atom is 0.338 e. The molecule has 1 atom stereocenters. The lowest BCUT2D eigenvalue weighted by atomic mass is 10.0. The van der Waals surface area contributed by atoms with Crippen LogP contribution in [0.25, 0.3) is 11.3 Å². The number of halogens is 2. The minimum atomic E-state index is -0.854. The summed E-state index contributed by atoms with van der Waals surface area (Å²) >= 11 is 11.9. The molecule has 2 amide bonds. The summed E-state index contributed by atoms with van der Waals surface area (Å²) in [4.78, 5) is 37.5. The molecule has 1 unspecified atom stereocenters. The van der Waals surface area contributed by atoms with Gasteiger partial charge < -0.3 is 14.5 Å². The number of esters is 1. The van der Waals surface area contributed by atoms with Crippen LogP contribution in [0, 0.1) is 5.92 Å². The molecule has 36 heavy (non-hydrogen) atoms. The summed E-state index contributed by atoms with van der Waals surface area (Å²) in [7, 11) is 0. The SMILES string of the molecule is CCOC(=O)c1ccccc1-c1ccc(C=NNC(=O)C(NC(=O)c2ccc(Cl)c(Cl)c2)C(C)C)o1. The first kappa shape index (κ1) is 27.0. The van der Waals surface area contributed by atoms with E-state index >= 15 is 0 Å². The van der Waals surface area contributed by atoms with E-state index in [1.165, 1.54) is 24.4 Å². The van der Waals surface area contributed by atoms with Crippen molar-refractivity contribution in [2.75, 3.05) is 6.61 Å². The molecular formula is C26H25Cl2N3O5. The average Bonchev–Trinajstić information content (AvgIpc) is 3.32. The second-order valence-electron chi connectivity index (χ2n) is 8.03. The number of hydrogen-bond donors (Lipinski definition) is 2. The van der Waals surface area contributed by atoms with Crippen LogP contribution in [-0.4, -0.2) is 36.6 Å². The Bertz CT molecular complexity index is 1290. The largest absolute Gasteiger partial charge is 0.462 e. The highest BCUT2D eigenvalue weighted by Crippen LogP contribution is 2.26. The summed E-state index contributed by atoms with van der Waals surface area (Å²) in [5.41, 5.74) is 3.65. The van der Waals surface area contributed by atoms with Crippen LogP contribution in [0.3, 0.4) is 0 Å². The van der Waals surface area contributed by atoms with Crippen molar-refractivity contribution in [3.63, 3.8) is 0 Å². The summed E-state index contributed by atoms with van der Waals surface area (Å²) in [6.45, 7) is 5.58. The zero-order valence-electron chi connectivity index (χ0n) is 19.9. The molecule has 2 aromatic carbocycles. The molecule has 10 heteroatoms. The topological polar surface area (TPSA) is 110 Å². The van der Waals surface area contributed by atoms with E-state index in [4.69, 9.17) is 32.4 Å². The number of furan rings is 1. The van der Waals surface area contributed by atoms with Crippen molar-refractivity contribution in [1.82, 2.24) is 10.7 Å². The van der Waals surface area contributed by atoms with Gasteiger partial charge in [-0.1, -0.05) is 55.2 Å². The number of benzene rings is 2. The Hall–Kier alpha value is -3.62. The van der Waals surface area contributed by atoms with Crippen LogP contribution in [0.4, 0.5) is 0 Å². The molecule has 2 N–H and O–H groups in total. The number of amides is 2. The molecule has 8 nitrogen and oxygen atoms in total. The second-order valence-corrected chi connectivity index (χ2v) is 8.84. The van der Waals surface area contributed by atoms with E-state index in [0.717, 1.165) is 0 Å². The second kappa shape index (κ2) is 12.4. The molecular weight excluding hydrogens is 505 g/mol. The van der Waals surface area contributed by atoms with Gasteiger partial charge in [-0.25, -0.2) is 10.2 Å². The lowest BCUT2D eigenvalue weighted by Gasteiger charge is -2.20. The van der Waals surface area contributed by atoms with Gasteiger partial charge in [-0.15, -0.1) is 0 Å². The lowest BCUT2D eigenvalue weighted by molar-refractivity contribution is -0.123. The smallest absolute Gasteiger partial charge is 0.338 e. The number of carbonyl (C=O) groups excluding carboxylic acids is 3. The molecule has 0 aliphatic carbocycles. The Labute approximate surface area is 218 Å². The van der Waals surface area contributed by atoms with Gasteiger partial charge in [-0.05, 0) is 49.2 Å². The Balaban J connectivity index is 1.67. The third kappa shape index (κ3) is 6.74. The fourth-order valence-electron chi connectivity index (χ4n) is 3.28. The number of carbonyl (C=O) groups is 3. The molecule has 1 aromatic heterocycles. The average molecular weight is 530 g/mol. The normalized spacial score (nSPS) is 11.9. The van der Waals surface area contributed by atoms with Crippen LogP contribution in [-0.2, 0) is 9.53 Å². The Morgan fingerprint density at radius 2 is 1.81 bits per heavy atom. The summed E-state index contributed by atoms with van der Waals surface area (Å²) in [6.07, 6.45) is 1.33. The van der Waals surface area contributed by atoms with Crippen molar-refractivity contribution in [3.05, 3.63) is 81.5 Å². The zero-order chi connectivity index (χ0) is 26.2. The number of hydrazone groups is 1. The Morgan fingerprint density at radius 1 is 1.06 bits per heavy atom. The fourth-order valence-corrected chi connectivity index (χ4v) is 3.58. The first-order chi connectivity index (χ1) is 17.2. The predicted molar refractivity (Wildman–Crippen MR) is 138 cm³/mol. The van der Waals surface area contributed by atoms with E-state index in [-0.39, 0.29) is 23.1 Å². The number of nitrogens with zero attached hydrogens (tertiary/aromatic N) is 1. The van der Waals surface area contributed by atoms with Gasteiger partial charge in [-0.3, -0.25) is 9.59 Å². The lowest BCUT2D eigenvalue weighted by Crippen LogP contribution is -2.48. The highest BCUT2D eigenvalue weighted by molar-refractivity contribution is 6.42. The van der Waals surface area contributed by atoms with Gasteiger partial charge in [0, 0.05) is 11.1 Å². The quantitative estimate of drug-likeness (QED) is 0.221. The molecule has 0 saturated heterocycles. The van der Waals surface area contributed by atoms with Crippen LogP contribution in [0.15, 0.2) is 64.1 Å². The molecule has 0 saturated carbocycles. The summed E-state index contributed by atoms with van der Waals surface area (Å²) in [5, 5.41) is 7.19. The monoisotopic (exact) mass is 529 g/mol. The summed E-state index contributed by atoms with van der Waals surface area (Å²) < 4.78 is 10.9. The van der Waals surface area contributed by atoms with Crippen LogP contribution in [0.1, 0.15) is 47.2 Å². The Morgan fingerprint density at radius 3 is 2.50 bits per heavy atom. The molecule has 3 aromatic rings. The van der Waals surface area contributed by atoms with Crippen molar-refractivity contribution in [2.24, 2.45) is 11.0 Å². The highest BCUT2D eigenvalue weighted by Gasteiger charge is 2.25.